The molecule has 4 aliphatic heterocycles. The second kappa shape index (κ2) is 39.0. The molecule has 11 amide bonds. The fourth-order valence-electron chi connectivity index (χ4n) is 14.3. The summed E-state index contributed by atoms with van der Waals surface area (Å²) in [5, 5.41) is 26.7. The lowest BCUT2D eigenvalue weighted by Gasteiger charge is -2.39. The van der Waals surface area contributed by atoms with Gasteiger partial charge in [0.2, 0.25) is 65.0 Å². The number of nitrogens with zero attached hydrogens (tertiary/aromatic N) is 7. The van der Waals surface area contributed by atoms with E-state index in [-0.39, 0.29) is 107 Å². The minimum Gasteiger partial charge on any atom is -0.391 e. The Morgan fingerprint density at radius 3 is 1.61 bits per heavy atom. The number of hydrogen-bond acceptors (Lipinski definition) is 15. The smallest absolute Gasteiger partial charge is 0.248 e. The number of rotatable bonds is 18. The minimum atomic E-state index is -1.70. The number of likely N-dealkylation sites (tertiary alicyclic amines) is 1. The summed E-state index contributed by atoms with van der Waals surface area (Å²) in [7, 11) is 5.87. The van der Waals surface area contributed by atoms with E-state index >= 15 is 43.2 Å². The molecule has 4 heterocycles. The van der Waals surface area contributed by atoms with E-state index in [0.29, 0.717) is 30.6 Å². The number of ether oxygens (including phenoxy) is 2. The van der Waals surface area contributed by atoms with Crippen molar-refractivity contribution in [2.75, 3.05) is 67.6 Å². The van der Waals surface area contributed by atoms with Crippen molar-refractivity contribution < 1.29 is 67.3 Å². The molecule has 0 saturated carbocycles. The van der Waals surface area contributed by atoms with Gasteiger partial charge in [-0.1, -0.05) is 116 Å². The highest BCUT2D eigenvalue weighted by Gasteiger charge is 2.48. The van der Waals surface area contributed by atoms with Gasteiger partial charge < -0.3 is 70.1 Å². The van der Waals surface area contributed by atoms with Crippen LogP contribution in [-0.2, 0) is 75.1 Å². The molecule has 0 radical (unpaired) electrons. The zero-order valence-electron chi connectivity index (χ0n) is 64.4. The number of nitrogens with one attached hydrogen (secondary N) is 5. The SMILES string of the molecule is CCO[C@@H]1C[C@H]2C(=O)N[C@@H]([C@@H](C)O)C(=O)N(C)[C@@H](Cc3ccccc3)C(=O)N[C@@H](Cc3ccccc3)C(=O)N(C)[C@@H](CC(C)C)N[C@H](C(=O)N3CCCCC3)CC(=O)N[C@H](CC(C)C)C(=O)N3CCC[C@H]3C(=O)N[C@@H](COC(C)(C)C)C(=O)N(C)[C@@H](CC(C)C)C(=O)N(C)[C@@H](CC(C)C)C(=O)N2C1. The molecule has 2 aromatic rings. The molecular formula is C77H122N12O14. The van der Waals surface area contributed by atoms with Crippen LogP contribution in [-0.4, -0.2) is 256 Å². The van der Waals surface area contributed by atoms with E-state index < -0.39 is 150 Å². The largest absolute Gasteiger partial charge is 0.391 e. The molecule has 4 aliphatic rings. The number of benzene rings is 2. The quantitative estimate of drug-likeness (QED) is 0.120. The van der Waals surface area contributed by atoms with Gasteiger partial charge in [0.05, 0.1) is 43.0 Å². The predicted octanol–water partition coefficient (Wildman–Crippen LogP) is 4.43. The third kappa shape index (κ3) is 24.0. The van der Waals surface area contributed by atoms with Crippen molar-refractivity contribution in [2.45, 2.75) is 258 Å². The summed E-state index contributed by atoms with van der Waals surface area (Å²) in [5.74, 6) is -7.80. The molecule has 0 unspecified atom stereocenters. The average Bonchev–Trinajstić information content (AvgIpc) is 1.75. The highest BCUT2D eigenvalue weighted by molar-refractivity contribution is 5.99. The molecule has 26 heteroatoms. The third-order valence-electron chi connectivity index (χ3n) is 19.9. The average molecular weight is 1440 g/mol. The Morgan fingerprint density at radius 2 is 1.06 bits per heavy atom. The lowest BCUT2D eigenvalue weighted by molar-refractivity contribution is -0.154. The number of hydrogen-bond donors (Lipinski definition) is 6. The zero-order chi connectivity index (χ0) is 76.3. The Labute approximate surface area is 611 Å². The fraction of sp³-hybridized carbons (Fsp3) is 0.701. The lowest BCUT2D eigenvalue weighted by atomic mass is 9.97. The maximum atomic E-state index is 15.7. The predicted molar refractivity (Wildman–Crippen MR) is 392 cm³/mol. The summed E-state index contributed by atoms with van der Waals surface area (Å²) in [6.07, 6.45) is -0.153. The van der Waals surface area contributed by atoms with Crippen LogP contribution in [0.4, 0.5) is 0 Å². The number of likely N-dealkylation sites (N-methyl/N-ethyl adjacent to an activating group) is 4. The number of carbonyl (C=O) groups excluding carboxylic acids is 11. The van der Waals surface area contributed by atoms with Gasteiger partial charge in [0, 0.05) is 80.2 Å². The number of fused-ring (bicyclic) bond motifs is 2. The van der Waals surface area contributed by atoms with E-state index in [1.165, 1.54) is 52.6 Å². The molecule has 0 aliphatic carbocycles. The van der Waals surface area contributed by atoms with Gasteiger partial charge in [0.15, 0.2) is 0 Å². The van der Waals surface area contributed by atoms with Gasteiger partial charge in [-0.05, 0) is 127 Å². The molecule has 4 fully saturated rings. The first-order chi connectivity index (χ1) is 48.5. The molecule has 0 bridgehead atoms. The molecule has 13 atom stereocenters. The van der Waals surface area contributed by atoms with Crippen LogP contribution in [0.15, 0.2) is 60.7 Å². The van der Waals surface area contributed by atoms with Crippen molar-refractivity contribution in [3.05, 3.63) is 71.8 Å². The standard InChI is InChI=1S/C77H122N12O14/c1-18-102-54-43-61-69(94)82-66(51(10)90)76(101)83(14)60(42-53-31-24-20-25-32-53)68(93)80-56(41-52-29-22-19-23-30-52)70(95)86(17)64(40-50(8)9)78-57(72(97)87-34-26-21-27-35-87)44-65(91)79-55(37-47(2)3)73(98)88-36-28-33-59(88)67(92)81-58(46-103-77(11,12)13)71(96)84(15)62(38-48(4)5)74(99)85(16)63(39-49(6)7)75(100)89(61)45-54/h19-20,22-25,29-32,47-51,54-64,66,78,90H,18,21,26-28,33-46H2,1-17H3,(H,79,91)(H,80,93)(H,81,92)(H,82,94)/t51-,54-,55-,56+,57+,58+,59+,60+,61+,62+,63+,64+,66+/m1/s1. The third-order valence-corrected chi connectivity index (χ3v) is 19.9. The van der Waals surface area contributed by atoms with Crippen LogP contribution in [0.2, 0.25) is 0 Å². The summed E-state index contributed by atoms with van der Waals surface area (Å²) >= 11 is 0. The first-order valence-corrected chi connectivity index (χ1v) is 37.5. The summed E-state index contributed by atoms with van der Waals surface area (Å²) in [5.41, 5.74) is 0.495. The fourth-order valence-corrected chi connectivity index (χ4v) is 14.3. The van der Waals surface area contributed by atoms with Gasteiger partial charge in [-0.15, -0.1) is 0 Å². The number of carbonyl (C=O) groups is 11. The summed E-state index contributed by atoms with van der Waals surface area (Å²) in [6.45, 7) is 24.5. The second-order valence-electron chi connectivity index (χ2n) is 31.5. The van der Waals surface area contributed by atoms with Crippen LogP contribution >= 0.6 is 0 Å². The van der Waals surface area contributed by atoms with E-state index in [1.54, 1.807) is 82.1 Å². The van der Waals surface area contributed by atoms with Gasteiger partial charge in [-0.2, -0.15) is 0 Å². The van der Waals surface area contributed by atoms with Crippen LogP contribution in [0.1, 0.15) is 172 Å². The van der Waals surface area contributed by atoms with Crippen molar-refractivity contribution in [1.82, 2.24) is 60.9 Å². The molecule has 574 valence electrons. The molecule has 2 aromatic carbocycles. The van der Waals surface area contributed by atoms with Crippen molar-refractivity contribution >= 4 is 65.0 Å². The van der Waals surface area contributed by atoms with Crippen molar-refractivity contribution in [3.8, 4) is 0 Å². The number of amides is 11. The number of piperidine rings is 1. The highest BCUT2D eigenvalue weighted by atomic mass is 16.5. The van der Waals surface area contributed by atoms with Crippen LogP contribution in [0, 0.1) is 23.7 Å². The van der Waals surface area contributed by atoms with Crippen LogP contribution < -0.4 is 26.6 Å². The Kier molecular flexibility index (Phi) is 31.9. The molecule has 26 nitrogen and oxygen atoms in total. The van der Waals surface area contributed by atoms with Crippen molar-refractivity contribution in [3.63, 3.8) is 0 Å². The Hall–Kier alpha value is -7.55. The summed E-state index contributed by atoms with van der Waals surface area (Å²) in [6, 6.07) is 4.92. The van der Waals surface area contributed by atoms with E-state index in [9.17, 15) is 14.7 Å². The maximum absolute atomic E-state index is 15.7. The number of aliphatic hydroxyl groups excluding tert-OH is 1. The summed E-state index contributed by atoms with van der Waals surface area (Å²) in [4.78, 5) is 178. The Morgan fingerprint density at radius 1 is 0.534 bits per heavy atom. The first-order valence-electron chi connectivity index (χ1n) is 37.5. The van der Waals surface area contributed by atoms with Gasteiger partial charge in [-0.3, -0.25) is 58.1 Å². The monoisotopic (exact) mass is 1440 g/mol. The van der Waals surface area contributed by atoms with Gasteiger partial charge in [0.25, 0.3) is 0 Å². The van der Waals surface area contributed by atoms with Gasteiger partial charge >= 0.3 is 0 Å². The maximum Gasteiger partial charge on any atom is 0.248 e. The van der Waals surface area contributed by atoms with Crippen LogP contribution in [0.25, 0.3) is 0 Å². The molecule has 0 aromatic heterocycles. The molecule has 6 rings (SSSR count). The van der Waals surface area contributed by atoms with E-state index in [1.807, 2.05) is 73.6 Å². The number of aliphatic hydroxyl groups is 1. The molecule has 103 heavy (non-hydrogen) atoms. The van der Waals surface area contributed by atoms with Gasteiger partial charge in [-0.25, -0.2) is 0 Å². The van der Waals surface area contributed by atoms with Crippen molar-refractivity contribution in [1.29, 1.82) is 0 Å². The molecular weight excluding hydrogens is 1320 g/mol. The van der Waals surface area contributed by atoms with Crippen LogP contribution in [0.5, 0.6) is 0 Å². The second-order valence-corrected chi connectivity index (χ2v) is 31.5. The highest BCUT2D eigenvalue weighted by Crippen LogP contribution is 2.29. The molecule has 0 spiro atoms. The zero-order valence-corrected chi connectivity index (χ0v) is 64.4. The molecule has 6 N–H and O–H groups in total. The normalized spacial score (nSPS) is 27.2. The Bertz CT molecular complexity index is 3180. The Balaban J connectivity index is 1.52. The van der Waals surface area contributed by atoms with Gasteiger partial charge in [0.1, 0.15) is 54.4 Å². The lowest BCUT2D eigenvalue weighted by Crippen LogP contribution is -2.63. The topological polar surface area (TPSA) is 309 Å². The minimum absolute atomic E-state index is 0.0292. The first kappa shape index (κ1) is 84.4. The van der Waals surface area contributed by atoms with Crippen molar-refractivity contribution in [2.24, 2.45) is 23.7 Å². The van der Waals surface area contributed by atoms with E-state index in [2.05, 4.69) is 26.6 Å². The summed E-state index contributed by atoms with van der Waals surface area (Å²) < 4.78 is 12.3. The van der Waals surface area contributed by atoms with E-state index in [0.717, 1.165) is 24.2 Å². The van der Waals surface area contributed by atoms with E-state index in [4.69, 9.17) is 9.47 Å². The van der Waals surface area contributed by atoms with Crippen LogP contribution in [0.3, 0.4) is 0 Å². The molecule has 4 saturated heterocycles.